The third-order valence-electron chi connectivity index (χ3n) is 5.38. The molecule has 2 rings (SSSR count). The number of allylic oxidation sites excluding steroid dienone is 1. The fraction of sp³-hybridized carbons (Fsp3) is 0.464. The number of ether oxygens (including phenoxy) is 3. The van der Waals surface area contributed by atoms with Crippen LogP contribution in [0, 0.1) is 5.92 Å². The van der Waals surface area contributed by atoms with Gasteiger partial charge in [0.15, 0.2) is 0 Å². The summed E-state index contributed by atoms with van der Waals surface area (Å²) in [6.07, 6.45) is 13.6. The van der Waals surface area contributed by atoms with Crippen molar-refractivity contribution < 1.29 is 19.0 Å². The van der Waals surface area contributed by atoms with E-state index in [1.54, 1.807) is 42.7 Å². The summed E-state index contributed by atoms with van der Waals surface area (Å²) in [6, 6.07) is 14.1. The molecule has 1 atom stereocenters. The molecule has 0 saturated heterocycles. The Labute approximate surface area is 193 Å². The van der Waals surface area contributed by atoms with E-state index in [1.165, 1.54) is 38.5 Å². The van der Waals surface area contributed by atoms with Crippen LogP contribution >= 0.6 is 0 Å². The molecule has 32 heavy (non-hydrogen) atoms. The Morgan fingerprint density at radius 1 is 0.844 bits per heavy atom. The molecule has 0 aliphatic carbocycles. The summed E-state index contributed by atoms with van der Waals surface area (Å²) < 4.78 is 16.8. The first-order valence-corrected chi connectivity index (χ1v) is 12.0. The van der Waals surface area contributed by atoms with Crippen LogP contribution in [0.4, 0.5) is 0 Å². The molecule has 4 heteroatoms. The van der Waals surface area contributed by atoms with Crippen LogP contribution in [-0.4, -0.2) is 12.6 Å². The first kappa shape index (κ1) is 25.5. The van der Waals surface area contributed by atoms with Gasteiger partial charge in [-0.2, -0.15) is 0 Å². The first-order valence-electron chi connectivity index (χ1n) is 12.0. The maximum Gasteiger partial charge on any atom is 0.343 e. The zero-order chi connectivity index (χ0) is 23.0. The highest BCUT2D eigenvalue weighted by Gasteiger charge is 2.09. The molecule has 0 fully saturated rings. The Bertz CT molecular complexity index is 793. The number of esters is 1. The summed E-state index contributed by atoms with van der Waals surface area (Å²) in [5, 5.41) is 0. The van der Waals surface area contributed by atoms with E-state index in [2.05, 4.69) is 26.8 Å². The fourth-order valence-corrected chi connectivity index (χ4v) is 3.03. The van der Waals surface area contributed by atoms with Crippen molar-refractivity contribution in [3.8, 4) is 17.2 Å². The van der Waals surface area contributed by atoms with Gasteiger partial charge in [-0.25, -0.2) is 4.79 Å². The maximum atomic E-state index is 12.4. The summed E-state index contributed by atoms with van der Waals surface area (Å²) in [5.74, 6) is 2.07. The van der Waals surface area contributed by atoms with Crippen LogP contribution in [-0.2, 0) is 0 Å². The number of carbonyl (C=O) groups is 1. The number of hydrogen-bond acceptors (Lipinski definition) is 4. The lowest BCUT2D eigenvalue weighted by atomic mass is 10.1. The first-order chi connectivity index (χ1) is 15.6. The van der Waals surface area contributed by atoms with Crippen molar-refractivity contribution in [1.29, 1.82) is 0 Å². The lowest BCUT2D eigenvalue weighted by Crippen LogP contribution is -2.09. The largest absolute Gasteiger partial charge is 0.493 e. The number of benzene rings is 2. The van der Waals surface area contributed by atoms with Crippen LogP contribution in [0.1, 0.15) is 82.5 Å². The van der Waals surface area contributed by atoms with E-state index < -0.39 is 5.97 Å². The standard InChI is InChI=1S/C28H38O4/c1-4-6-7-8-9-10-11-12-21-30-25-15-13-24(14-16-25)28(29)32-27-19-17-26(18-20-27)31-22-23(3)5-2/h12-21,23H,4-11,22H2,1-3H3. The highest BCUT2D eigenvalue weighted by atomic mass is 16.5. The summed E-state index contributed by atoms with van der Waals surface area (Å²) >= 11 is 0. The lowest BCUT2D eigenvalue weighted by Gasteiger charge is -2.11. The Morgan fingerprint density at radius 2 is 1.47 bits per heavy atom. The molecule has 0 aliphatic rings. The van der Waals surface area contributed by atoms with Gasteiger partial charge in [-0.3, -0.25) is 0 Å². The van der Waals surface area contributed by atoms with E-state index in [0.717, 1.165) is 18.6 Å². The highest BCUT2D eigenvalue weighted by molar-refractivity contribution is 5.91. The van der Waals surface area contributed by atoms with Crippen molar-refractivity contribution in [2.24, 2.45) is 5.92 Å². The van der Waals surface area contributed by atoms with Gasteiger partial charge in [-0.1, -0.05) is 59.3 Å². The van der Waals surface area contributed by atoms with E-state index in [9.17, 15) is 4.79 Å². The third-order valence-corrected chi connectivity index (χ3v) is 5.38. The second kappa shape index (κ2) is 15.1. The van der Waals surface area contributed by atoms with Gasteiger partial charge in [0.05, 0.1) is 18.4 Å². The Morgan fingerprint density at radius 3 is 2.16 bits per heavy atom. The average molecular weight is 439 g/mol. The van der Waals surface area contributed by atoms with Crippen LogP contribution in [0.2, 0.25) is 0 Å². The number of unbranched alkanes of at least 4 members (excludes halogenated alkanes) is 6. The zero-order valence-corrected chi connectivity index (χ0v) is 19.8. The van der Waals surface area contributed by atoms with E-state index in [4.69, 9.17) is 14.2 Å². The van der Waals surface area contributed by atoms with Crippen LogP contribution < -0.4 is 14.2 Å². The summed E-state index contributed by atoms with van der Waals surface area (Å²) in [6.45, 7) is 7.21. The molecule has 0 heterocycles. The Kier molecular flexibility index (Phi) is 12.1. The van der Waals surface area contributed by atoms with Crippen molar-refractivity contribution in [3.63, 3.8) is 0 Å². The minimum Gasteiger partial charge on any atom is -0.493 e. The van der Waals surface area contributed by atoms with Gasteiger partial charge in [0.1, 0.15) is 17.2 Å². The molecule has 4 nitrogen and oxygen atoms in total. The third kappa shape index (κ3) is 10.0. The molecule has 0 amide bonds. The Hall–Kier alpha value is -2.75. The van der Waals surface area contributed by atoms with E-state index in [0.29, 0.717) is 29.6 Å². The number of rotatable bonds is 15. The van der Waals surface area contributed by atoms with E-state index >= 15 is 0 Å². The molecule has 2 aromatic rings. The second-order valence-electron chi connectivity index (χ2n) is 8.26. The van der Waals surface area contributed by atoms with Crippen molar-refractivity contribution >= 4 is 5.97 Å². The van der Waals surface area contributed by atoms with Gasteiger partial charge in [0.2, 0.25) is 0 Å². The smallest absolute Gasteiger partial charge is 0.343 e. The van der Waals surface area contributed by atoms with Gasteiger partial charge >= 0.3 is 5.97 Å². The lowest BCUT2D eigenvalue weighted by molar-refractivity contribution is 0.0734. The minimum atomic E-state index is -0.400. The highest BCUT2D eigenvalue weighted by Crippen LogP contribution is 2.20. The molecule has 2 aromatic carbocycles. The molecule has 0 N–H and O–H groups in total. The molecule has 0 aromatic heterocycles. The number of hydrogen-bond donors (Lipinski definition) is 0. The van der Waals surface area contributed by atoms with Crippen molar-refractivity contribution in [2.75, 3.05) is 6.61 Å². The quantitative estimate of drug-likeness (QED) is 0.122. The average Bonchev–Trinajstić information content (AvgIpc) is 2.82. The van der Waals surface area contributed by atoms with Crippen LogP contribution in [0.15, 0.2) is 60.9 Å². The molecule has 0 bridgehead atoms. The van der Waals surface area contributed by atoms with Crippen LogP contribution in [0.3, 0.4) is 0 Å². The maximum absolute atomic E-state index is 12.4. The molecule has 0 saturated carbocycles. The van der Waals surface area contributed by atoms with Crippen LogP contribution in [0.25, 0.3) is 0 Å². The predicted molar refractivity (Wildman–Crippen MR) is 131 cm³/mol. The van der Waals surface area contributed by atoms with Gasteiger partial charge < -0.3 is 14.2 Å². The Balaban J connectivity index is 1.71. The van der Waals surface area contributed by atoms with Gasteiger partial charge in [-0.05, 0) is 73.4 Å². The molecule has 174 valence electrons. The SMILES string of the molecule is CCCCCCCCC=COc1ccc(C(=O)Oc2ccc(OCC(C)CC)cc2)cc1. The molecular weight excluding hydrogens is 400 g/mol. The summed E-state index contributed by atoms with van der Waals surface area (Å²) in [4.78, 5) is 12.4. The van der Waals surface area contributed by atoms with E-state index in [-0.39, 0.29) is 0 Å². The topological polar surface area (TPSA) is 44.8 Å². The minimum absolute atomic E-state index is 0.400. The molecule has 0 spiro atoms. The molecule has 1 unspecified atom stereocenters. The molecular formula is C28H38O4. The number of carbonyl (C=O) groups excluding carboxylic acids is 1. The second-order valence-corrected chi connectivity index (χ2v) is 8.26. The van der Waals surface area contributed by atoms with Gasteiger partial charge in [0.25, 0.3) is 0 Å². The summed E-state index contributed by atoms with van der Waals surface area (Å²) in [5.41, 5.74) is 0.477. The van der Waals surface area contributed by atoms with Crippen LogP contribution in [0.5, 0.6) is 17.2 Å². The van der Waals surface area contributed by atoms with Crippen molar-refractivity contribution in [2.45, 2.75) is 72.1 Å². The van der Waals surface area contributed by atoms with Crippen molar-refractivity contribution in [1.82, 2.24) is 0 Å². The van der Waals surface area contributed by atoms with E-state index in [1.807, 2.05) is 12.1 Å². The molecule has 0 aliphatic heterocycles. The zero-order valence-electron chi connectivity index (χ0n) is 19.8. The van der Waals surface area contributed by atoms with Gasteiger partial charge in [0, 0.05) is 0 Å². The normalized spacial score (nSPS) is 12.0. The fourth-order valence-electron chi connectivity index (χ4n) is 3.03. The monoisotopic (exact) mass is 438 g/mol. The van der Waals surface area contributed by atoms with Crippen molar-refractivity contribution in [3.05, 3.63) is 66.4 Å². The summed E-state index contributed by atoms with van der Waals surface area (Å²) in [7, 11) is 0. The van der Waals surface area contributed by atoms with Gasteiger partial charge in [-0.15, -0.1) is 0 Å². The molecule has 0 radical (unpaired) electrons. The predicted octanol–water partition coefficient (Wildman–Crippen LogP) is 7.97.